The molecule has 0 aromatic heterocycles. The van der Waals surface area contributed by atoms with E-state index in [1.54, 1.807) is 0 Å². The molecule has 1 aliphatic rings. The number of rotatable bonds is 3. The Morgan fingerprint density at radius 3 is 2.58 bits per heavy atom. The van der Waals surface area contributed by atoms with Crippen molar-refractivity contribution in [1.29, 1.82) is 0 Å². The van der Waals surface area contributed by atoms with Crippen LogP contribution in [-0.4, -0.2) is 43.1 Å². The summed E-state index contributed by atoms with van der Waals surface area (Å²) in [6.07, 6.45) is -0.744. The van der Waals surface area contributed by atoms with Crippen LogP contribution in [0.5, 0.6) is 5.75 Å². The SMILES string of the molecule is Nc1ccc(OC2CS(=O)(=O)CC2N)c(C(=O)O)c1. The fourth-order valence-electron chi connectivity index (χ4n) is 1.94. The molecular formula is C11H14N2O5S. The first kappa shape index (κ1) is 13.6. The van der Waals surface area contributed by atoms with Gasteiger partial charge in [0.25, 0.3) is 0 Å². The molecule has 0 bridgehead atoms. The van der Waals surface area contributed by atoms with Crippen molar-refractivity contribution in [3.63, 3.8) is 0 Å². The number of hydrogen-bond acceptors (Lipinski definition) is 6. The Hall–Kier alpha value is -1.80. The maximum absolute atomic E-state index is 11.4. The van der Waals surface area contributed by atoms with Gasteiger partial charge in [-0.3, -0.25) is 0 Å². The molecule has 1 heterocycles. The molecule has 0 radical (unpaired) electrons. The molecule has 8 heteroatoms. The molecule has 1 aliphatic heterocycles. The zero-order valence-corrected chi connectivity index (χ0v) is 10.8. The van der Waals surface area contributed by atoms with Crippen LogP contribution in [0.3, 0.4) is 0 Å². The summed E-state index contributed by atoms with van der Waals surface area (Å²) >= 11 is 0. The molecule has 0 spiro atoms. The largest absolute Gasteiger partial charge is 0.487 e. The van der Waals surface area contributed by atoms with E-state index in [4.69, 9.17) is 21.3 Å². The van der Waals surface area contributed by atoms with Crippen molar-refractivity contribution in [3.8, 4) is 5.75 Å². The van der Waals surface area contributed by atoms with Crippen LogP contribution < -0.4 is 16.2 Å². The summed E-state index contributed by atoms with van der Waals surface area (Å²) in [6, 6.07) is 3.48. The van der Waals surface area contributed by atoms with Crippen molar-refractivity contribution in [2.45, 2.75) is 12.1 Å². The second-order valence-electron chi connectivity index (χ2n) is 4.46. The zero-order valence-electron chi connectivity index (χ0n) is 9.94. The summed E-state index contributed by atoms with van der Waals surface area (Å²) in [6.45, 7) is 0. The number of nitrogens with two attached hydrogens (primary N) is 2. The highest BCUT2D eigenvalue weighted by Crippen LogP contribution is 2.25. The summed E-state index contributed by atoms with van der Waals surface area (Å²) in [5, 5.41) is 9.05. The number of benzene rings is 1. The van der Waals surface area contributed by atoms with Crippen molar-refractivity contribution < 1.29 is 23.1 Å². The summed E-state index contributed by atoms with van der Waals surface area (Å²) in [5.41, 5.74) is 11.4. The number of carboxylic acids is 1. The second-order valence-corrected chi connectivity index (χ2v) is 6.61. The number of sulfone groups is 1. The standard InChI is InChI=1S/C11H14N2O5S/c12-6-1-2-9(7(3-6)11(14)15)18-10-5-19(16,17)4-8(10)13/h1-3,8,10H,4-5,12-13H2,(H,14,15). The molecule has 1 saturated heterocycles. The van der Waals surface area contributed by atoms with Gasteiger partial charge in [-0.05, 0) is 18.2 Å². The third kappa shape index (κ3) is 2.96. The van der Waals surface area contributed by atoms with Crippen LogP contribution in [0.25, 0.3) is 0 Å². The predicted octanol–water partition coefficient (Wildman–Crippen LogP) is -0.530. The predicted molar refractivity (Wildman–Crippen MR) is 68.9 cm³/mol. The lowest BCUT2D eigenvalue weighted by Gasteiger charge is -2.18. The van der Waals surface area contributed by atoms with Gasteiger partial charge in [0.1, 0.15) is 17.4 Å². The minimum absolute atomic E-state index is 0.0688. The summed E-state index contributed by atoms with van der Waals surface area (Å²) < 4.78 is 28.3. The normalized spacial score (nSPS) is 25.1. The Balaban J connectivity index is 2.27. The second kappa shape index (κ2) is 4.71. The lowest BCUT2D eigenvalue weighted by atomic mass is 10.1. The Labute approximate surface area is 110 Å². The smallest absolute Gasteiger partial charge is 0.339 e. The molecule has 5 N–H and O–H groups in total. The zero-order chi connectivity index (χ0) is 14.2. The van der Waals surface area contributed by atoms with Crippen LogP contribution >= 0.6 is 0 Å². The van der Waals surface area contributed by atoms with E-state index in [9.17, 15) is 13.2 Å². The van der Waals surface area contributed by atoms with Gasteiger partial charge in [-0.25, -0.2) is 13.2 Å². The third-order valence-electron chi connectivity index (χ3n) is 2.85. The van der Waals surface area contributed by atoms with Gasteiger partial charge in [-0.15, -0.1) is 0 Å². The van der Waals surface area contributed by atoms with E-state index < -0.39 is 28.0 Å². The molecule has 19 heavy (non-hydrogen) atoms. The lowest BCUT2D eigenvalue weighted by Crippen LogP contribution is -2.37. The maximum Gasteiger partial charge on any atom is 0.339 e. The van der Waals surface area contributed by atoms with Crippen LogP contribution in [0.1, 0.15) is 10.4 Å². The fraction of sp³-hybridized carbons (Fsp3) is 0.364. The van der Waals surface area contributed by atoms with Gasteiger partial charge >= 0.3 is 5.97 Å². The van der Waals surface area contributed by atoms with E-state index in [-0.39, 0.29) is 28.5 Å². The van der Waals surface area contributed by atoms with Crippen LogP contribution in [-0.2, 0) is 9.84 Å². The molecule has 1 fully saturated rings. The highest BCUT2D eigenvalue weighted by atomic mass is 32.2. The third-order valence-corrected chi connectivity index (χ3v) is 4.58. The van der Waals surface area contributed by atoms with E-state index in [1.165, 1.54) is 18.2 Å². The van der Waals surface area contributed by atoms with E-state index in [0.717, 1.165) is 0 Å². The minimum Gasteiger partial charge on any atom is -0.487 e. The average molecular weight is 286 g/mol. The number of carboxylic acid groups (broad SMARTS) is 1. The molecule has 2 atom stereocenters. The highest BCUT2D eigenvalue weighted by molar-refractivity contribution is 7.91. The number of nitrogen functional groups attached to an aromatic ring is 1. The average Bonchev–Trinajstić information content (AvgIpc) is 2.54. The Morgan fingerprint density at radius 1 is 1.37 bits per heavy atom. The monoisotopic (exact) mass is 286 g/mol. The van der Waals surface area contributed by atoms with Gasteiger partial charge < -0.3 is 21.3 Å². The molecule has 0 saturated carbocycles. The molecule has 2 rings (SSSR count). The number of aromatic carboxylic acids is 1. The summed E-state index contributed by atoms with van der Waals surface area (Å²) in [7, 11) is -3.23. The Bertz CT molecular complexity index is 614. The molecule has 0 aliphatic carbocycles. The molecule has 104 valence electrons. The van der Waals surface area contributed by atoms with E-state index >= 15 is 0 Å². The van der Waals surface area contributed by atoms with Crippen molar-refractivity contribution in [3.05, 3.63) is 23.8 Å². The Morgan fingerprint density at radius 2 is 2.05 bits per heavy atom. The van der Waals surface area contributed by atoms with E-state index in [1.807, 2.05) is 0 Å². The first-order chi connectivity index (χ1) is 8.78. The molecule has 1 aromatic carbocycles. The first-order valence-corrected chi connectivity index (χ1v) is 7.36. The number of anilines is 1. The van der Waals surface area contributed by atoms with Gasteiger partial charge in [0, 0.05) is 5.69 Å². The fourth-order valence-corrected chi connectivity index (χ4v) is 3.70. The van der Waals surface area contributed by atoms with Crippen LogP contribution in [0.15, 0.2) is 18.2 Å². The van der Waals surface area contributed by atoms with Gasteiger partial charge in [0.15, 0.2) is 9.84 Å². The van der Waals surface area contributed by atoms with Crippen LogP contribution in [0.4, 0.5) is 5.69 Å². The summed E-state index contributed by atoms with van der Waals surface area (Å²) in [4.78, 5) is 11.1. The topological polar surface area (TPSA) is 133 Å². The molecule has 2 unspecified atom stereocenters. The first-order valence-electron chi connectivity index (χ1n) is 5.54. The lowest BCUT2D eigenvalue weighted by molar-refractivity contribution is 0.0689. The van der Waals surface area contributed by atoms with Crippen LogP contribution in [0, 0.1) is 0 Å². The number of ether oxygens (including phenoxy) is 1. The maximum atomic E-state index is 11.4. The van der Waals surface area contributed by atoms with Gasteiger partial charge in [0.2, 0.25) is 0 Å². The van der Waals surface area contributed by atoms with E-state index in [2.05, 4.69) is 0 Å². The van der Waals surface area contributed by atoms with Crippen molar-refractivity contribution in [1.82, 2.24) is 0 Å². The van der Waals surface area contributed by atoms with Crippen molar-refractivity contribution in [2.24, 2.45) is 5.73 Å². The Kier molecular flexibility index (Phi) is 3.38. The molecule has 0 amide bonds. The molecular weight excluding hydrogens is 272 g/mol. The van der Waals surface area contributed by atoms with Crippen LogP contribution in [0.2, 0.25) is 0 Å². The number of hydrogen-bond donors (Lipinski definition) is 3. The molecule has 7 nitrogen and oxygen atoms in total. The van der Waals surface area contributed by atoms with Gasteiger partial charge in [-0.1, -0.05) is 0 Å². The molecule has 1 aromatic rings. The van der Waals surface area contributed by atoms with Crippen molar-refractivity contribution >= 4 is 21.5 Å². The van der Waals surface area contributed by atoms with Gasteiger partial charge in [0.05, 0.1) is 17.5 Å². The quantitative estimate of drug-likeness (QED) is 0.636. The highest BCUT2D eigenvalue weighted by Gasteiger charge is 2.37. The minimum atomic E-state index is -3.23. The summed E-state index contributed by atoms with van der Waals surface area (Å²) in [5.74, 6) is -1.50. The van der Waals surface area contributed by atoms with Gasteiger partial charge in [-0.2, -0.15) is 0 Å². The number of carbonyl (C=O) groups is 1. The van der Waals surface area contributed by atoms with Crippen molar-refractivity contribution in [2.75, 3.05) is 17.2 Å². The van der Waals surface area contributed by atoms with E-state index in [0.29, 0.717) is 0 Å².